The van der Waals surface area contributed by atoms with E-state index < -0.39 is 5.91 Å². The van der Waals surface area contributed by atoms with E-state index in [1.807, 2.05) is 61.8 Å². The molecule has 0 bridgehead atoms. The Hall–Kier alpha value is -4.13. The Morgan fingerprint density at radius 2 is 1.75 bits per heavy atom. The molecule has 7 heteroatoms. The second-order valence-corrected chi connectivity index (χ2v) is 7.70. The van der Waals surface area contributed by atoms with Gasteiger partial charge in [-0.1, -0.05) is 29.8 Å². The molecule has 2 heterocycles. The van der Waals surface area contributed by atoms with E-state index in [4.69, 9.17) is 4.74 Å². The number of carbonyl (C=O) groups is 2. The molecular formula is C25H24N4O3. The van der Waals surface area contributed by atoms with Gasteiger partial charge in [0.15, 0.2) is 0 Å². The quantitative estimate of drug-likeness (QED) is 0.472. The van der Waals surface area contributed by atoms with Gasteiger partial charge in [0.05, 0.1) is 5.69 Å². The van der Waals surface area contributed by atoms with Gasteiger partial charge in [0.2, 0.25) is 0 Å². The first kappa shape index (κ1) is 21.1. The summed E-state index contributed by atoms with van der Waals surface area (Å²) in [6, 6.07) is 16.3. The van der Waals surface area contributed by atoms with Gasteiger partial charge in [-0.15, -0.1) is 0 Å². The first-order valence-electron chi connectivity index (χ1n) is 10.2. The van der Waals surface area contributed by atoms with Crippen LogP contribution in [-0.4, -0.2) is 21.2 Å². The van der Waals surface area contributed by atoms with Gasteiger partial charge >= 0.3 is 0 Å². The fourth-order valence-corrected chi connectivity index (χ4v) is 3.48. The predicted molar refractivity (Wildman–Crippen MR) is 122 cm³/mol. The highest BCUT2D eigenvalue weighted by Gasteiger charge is 2.12. The molecule has 0 aliphatic carbocycles. The third-order valence-corrected chi connectivity index (χ3v) is 5.13. The summed E-state index contributed by atoms with van der Waals surface area (Å²) in [4.78, 5) is 29.5. The molecule has 0 radical (unpaired) electrons. The molecule has 4 rings (SSSR count). The van der Waals surface area contributed by atoms with Crippen LogP contribution in [0.4, 0.5) is 0 Å². The van der Waals surface area contributed by atoms with E-state index in [0.29, 0.717) is 16.9 Å². The van der Waals surface area contributed by atoms with Crippen molar-refractivity contribution in [1.29, 1.82) is 0 Å². The van der Waals surface area contributed by atoms with Gasteiger partial charge in [-0.25, -0.2) is 4.98 Å². The number of hydrogen-bond acceptors (Lipinski definition) is 4. The third kappa shape index (κ3) is 4.62. The number of aromatic nitrogens is 2. The summed E-state index contributed by atoms with van der Waals surface area (Å²) in [6.45, 7) is 6.10. The number of ether oxygens (including phenoxy) is 1. The fraction of sp³-hybridized carbons (Fsp3) is 0.160. The van der Waals surface area contributed by atoms with E-state index >= 15 is 0 Å². The normalized spacial score (nSPS) is 10.7. The van der Waals surface area contributed by atoms with E-state index in [9.17, 15) is 9.59 Å². The molecule has 0 saturated carbocycles. The molecule has 0 unspecified atom stereocenters. The first-order valence-corrected chi connectivity index (χ1v) is 10.2. The van der Waals surface area contributed by atoms with Crippen molar-refractivity contribution in [2.45, 2.75) is 27.4 Å². The number of hydrogen-bond donors (Lipinski definition) is 2. The van der Waals surface area contributed by atoms with E-state index in [1.165, 1.54) is 0 Å². The maximum absolute atomic E-state index is 12.5. The van der Waals surface area contributed by atoms with Crippen molar-refractivity contribution in [3.63, 3.8) is 0 Å². The summed E-state index contributed by atoms with van der Waals surface area (Å²) in [5, 5.41) is 0. The van der Waals surface area contributed by atoms with Gasteiger partial charge in [-0.3, -0.25) is 20.4 Å². The highest BCUT2D eigenvalue weighted by molar-refractivity contribution is 5.99. The molecule has 2 N–H and O–H groups in total. The topological polar surface area (TPSA) is 84.7 Å². The van der Waals surface area contributed by atoms with Gasteiger partial charge in [0, 0.05) is 23.5 Å². The molecule has 0 saturated heterocycles. The van der Waals surface area contributed by atoms with Crippen LogP contribution >= 0.6 is 0 Å². The number of carbonyl (C=O) groups excluding carboxylic acids is 2. The summed E-state index contributed by atoms with van der Waals surface area (Å²) >= 11 is 0. The summed E-state index contributed by atoms with van der Waals surface area (Å²) in [6.07, 6.45) is 3.86. The zero-order valence-electron chi connectivity index (χ0n) is 18.2. The molecule has 0 spiro atoms. The molecule has 2 amide bonds. The third-order valence-electron chi connectivity index (χ3n) is 5.13. The molecular weight excluding hydrogens is 404 g/mol. The lowest BCUT2D eigenvalue weighted by molar-refractivity contribution is 0.0846. The zero-order chi connectivity index (χ0) is 22.7. The average molecular weight is 428 g/mol. The van der Waals surface area contributed by atoms with E-state index in [2.05, 4.69) is 15.8 Å². The second-order valence-electron chi connectivity index (χ2n) is 7.70. The van der Waals surface area contributed by atoms with Crippen LogP contribution < -0.4 is 15.6 Å². The Morgan fingerprint density at radius 1 is 0.938 bits per heavy atom. The Balaban J connectivity index is 1.37. The lowest BCUT2D eigenvalue weighted by Gasteiger charge is -2.10. The predicted octanol–water partition coefficient (Wildman–Crippen LogP) is 3.91. The molecule has 7 nitrogen and oxygen atoms in total. The number of nitrogens with zero attached hydrogens (tertiary/aromatic N) is 2. The minimum atomic E-state index is -0.433. The number of pyridine rings is 1. The van der Waals surface area contributed by atoms with Crippen LogP contribution in [0.1, 0.15) is 43.1 Å². The van der Waals surface area contributed by atoms with Crippen LogP contribution in [-0.2, 0) is 6.61 Å². The Labute approximate surface area is 186 Å². The van der Waals surface area contributed by atoms with Crippen LogP contribution in [0, 0.1) is 20.8 Å². The van der Waals surface area contributed by atoms with Gasteiger partial charge in [0.25, 0.3) is 11.8 Å². The van der Waals surface area contributed by atoms with Crippen molar-refractivity contribution in [3.05, 3.63) is 101 Å². The molecule has 0 aliphatic rings. The van der Waals surface area contributed by atoms with Crippen molar-refractivity contribution in [2.75, 3.05) is 0 Å². The number of benzene rings is 2. The lowest BCUT2D eigenvalue weighted by Crippen LogP contribution is -2.41. The highest BCUT2D eigenvalue weighted by atomic mass is 16.5. The number of hydrazine groups is 1. The molecule has 2 aromatic heterocycles. The van der Waals surface area contributed by atoms with E-state index in [1.54, 1.807) is 30.3 Å². The average Bonchev–Trinajstić information content (AvgIpc) is 3.21. The second kappa shape index (κ2) is 8.93. The number of nitrogens with one attached hydrogen (secondary N) is 2. The largest absolute Gasteiger partial charge is 0.487 e. The first-order chi connectivity index (χ1) is 15.4. The Bertz CT molecular complexity index is 1310. The van der Waals surface area contributed by atoms with Crippen molar-refractivity contribution in [2.24, 2.45) is 0 Å². The zero-order valence-corrected chi connectivity index (χ0v) is 18.2. The number of rotatable bonds is 5. The Kier molecular flexibility index (Phi) is 5.89. The molecule has 162 valence electrons. The SMILES string of the molecule is Cc1ccc(C(=O)NNC(=O)c2cccc(OCc3cn4cccc(C)c4n3)c2)c(C)c1. The minimum absolute atomic E-state index is 0.273. The highest BCUT2D eigenvalue weighted by Crippen LogP contribution is 2.16. The molecule has 0 atom stereocenters. The van der Waals surface area contributed by atoms with Gasteiger partial charge in [-0.05, 0) is 62.2 Å². The summed E-state index contributed by atoms with van der Waals surface area (Å²) in [7, 11) is 0. The lowest BCUT2D eigenvalue weighted by atomic mass is 10.1. The van der Waals surface area contributed by atoms with Crippen LogP contribution in [0.2, 0.25) is 0 Å². The van der Waals surface area contributed by atoms with E-state index in [0.717, 1.165) is 28.0 Å². The monoisotopic (exact) mass is 428 g/mol. The Morgan fingerprint density at radius 3 is 2.53 bits per heavy atom. The van der Waals surface area contributed by atoms with E-state index in [-0.39, 0.29) is 12.5 Å². The summed E-state index contributed by atoms with van der Waals surface area (Å²) in [5.41, 5.74) is 10.5. The standard InChI is InChI=1S/C25H24N4O3/c1-16-9-10-22(18(3)12-16)25(31)28-27-24(30)19-7-4-8-21(13-19)32-15-20-14-29-11-5-6-17(2)23(29)26-20/h4-14H,15H2,1-3H3,(H,27,30)(H,28,31). The van der Waals surface area contributed by atoms with Crippen LogP contribution in [0.25, 0.3) is 5.65 Å². The maximum atomic E-state index is 12.5. The number of fused-ring (bicyclic) bond motifs is 1. The number of aryl methyl sites for hydroxylation is 3. The van der Waals surface area contributed by atoms with Crippen molar-refractivity contribution in [1.82, 2.24) is 20.2 Å². The molecule has 0 fully saturated rings. The van der Waals surface area contributed by atoms with Crippen LogP contribution in [0.15, 0.2) is 67.0 Å². The molecule has 0 aliphatic heterocycles. The van der Waals surface area contributed by atoms with Crippen molar-refractivity contribution in [3.8, 4) is 5.75 Å². The molecule has 32 heavy (non-hydrogen) atoms. The number of imidazole rings is 1. The number of amides is 2. The summed E-state index contributed by atoms with van der Waals surface area (Å²) < 4.78 is 7.79. The van der Waals surface area contributed by atoms with Crippen molar-refractivity contribution >= 4 is 17.5 Å². The smallest absolute Gasteiger partial charge is 0.269 e. The fourth-order valence-electron chi connectivity index (χ4n) is 3.48. The minimum Gasteiger partial charge on any atom is -0.487 e. The van der Waals surface area contributed by atoms with Gasteiger partial charge in [0.1, 0.15) is 18.0 Å². The van der Waals surface area contributed by atoms with Crippen LogP contribution in [0.3, 0.4) is 0 Å². The molecule has 4 aromatic rings. The van der Waals surface area contributed by atoms with Crippen molar-refractivity contribution < 1.29 is 14.3 Å². The molecule has 2 aromatic carbocycles. The maximum Gasteiger partial charge on any atom is 0.269 e. The van der Waals surface area contributed by atoms with Gasteiger partial charge < -0.3 is 9.14 Å². The van der Waals surface area contributed by atoms with Gasteiger partial charge in [-0.2, -0.15) is 0 Å². The van der Waals surface area contributed by atoms with Crippen LogP contribution in [0.5, 0.6) is 5.75 Å². The summed E-state index contributed by atoms with van der Waals surface area (Å²) in [5.74, 6) is -0.269.